The number of amides is 1. The zero-order valence-electron chi connectivity index (χ0n) is 17.6. The molecule has 3 heterocycles. The third-order valence-electron chi connectivity index (χ3n) is 4.99. The molecule has 3 aromatic heterocycles. The maximum absolute atomic E-state index is 12.3. The van der Waals surface area contributed by atoms with Crippen LogP contribution in [0.3, 0.4) is 0 Å². The highest BCUT2D eigenvalue weighted by molar-refractivity contribution is 5.86. The molecule has 156 valence electrons. The average Bonchev–Trinajstić information content (AvgIpc) is 3.07. The van der Waals surface area contributed by atoms with Gasteiger partial charge in [-0.15, -0.1) is 5.10 Å². The summed E-state index contributed by atoms with van der Waals surface area (Å²) >= 11 is 0. The Balaban J connectivity index is 1.57. The van der Waals surface area contributed by atoms with Crippen molar-refractivity contribution in [2.45, 2.75) is 26.7 Å². The molecule has 9 heteroatoms. The fourth-order valence-corrected chi connectivity index (χ4v) is 3.45. The van der Waals surface area contributed by atoms with Crippen LogP contribution in [0.5, 0.6) is 5.88 Å². The lowest BCUT2D eigenvalue weighted by Crippen LogP contribution is -2.29. The van der Waals surface area contributed by atoms with Crippen molar-refractivity contribution in [3.63, 3.8) is 0 Å². The minimum atomic E-state index is -0.0459. The zero-order valence-corrected chi connectivity index (χ0v) is 17.6. The molecule has 0 fully saturated rings. The molecule has 0 saturated carbocycles. The number of fused-ring (bicyclic) bond motifs is 1. The lowest BCUT2D eigenvalue weighted by atomic mass is 10.00. The molecule has 0 atom stereocenters. The Morgan fingerprint density at radius 1 is 1.33 bits per heavy atom. The number of aromatic nitrogens is 4. The molecule has 3 rings (SSSR count). The largest absolute Gasteiger partial charge is 0.479 e. The molecule has 2 N–H and O–H groups in total. The molecule has 0 spiro atoms. The minimum absolute atomic E-state index is 0.0459. The van der Waals surface area contributed by atoms with Gasteiger partial charge in [-0.2, -0.15) is 5.26 Å². The number of hydrogen-bond donors (Lipinski definition) is 2. The van der Waals surface area contributed by atoms with E-state index in [0.717, 1.165) is 27.9 Å². The van der Waals surface area contributed by atoms with Crippen LogP contribution in [0.25, 0.3) is 11.0 Å². The van der Waals surface area contributed by atoms with E-state index in [0.29, 0.717) is 43.2 Å². The number of anilines is 1. The SMILES string of the molecule is COc1nn(C)c2nc(C)c(CCC(=O)NCCNc3ncccc3C#N)c(C)c12. The molecule has 0 unspecified atom stereocenters. The Morgan fingerprint density at radius 3 is 2.87 bits per heavy atom. The summed E-state index contributed by atoms with van der Waals surface area (Å²) in [4.78, 5) is 21.1. The second kappa shape index (κ2) is 9.22. The van der Waals surface area contributed by atoms with Crippen LogP contribution in [0.4, 0.5) is 5.82 Å². The topological polar surface area (TPSA) is 118 Å². The first-order valence-corrected chi connectivity index (χ1v) is 9.68. The van der Waals surface area contributed by atoms with Gasteiger partial charge in [-0.05, 0) is 43.5 Å². The van der Waals surface area contributed by atoms with Gasteiger partial charge in [-0.25, -0.2) is 14.6 Å². The van der Waals surface area contributed by atoms with Gasteiger partial charge < -0.3 is 15.4 Å². The van der Waals surface area contributed by atoms with Gasteiger partial charge in [0.1, 0.15) is 11.9 Å². The van der Waals surface area contributed by atoms with Crippen molar-refractivity contribution < 1.29 is 9.53 Å². The quantitative estimate of drug-likeness (QED) is 0.549. The van der Waals surface area contributed by atoms with Crippen LogP contribution in [0.2, 0.25) is 0 Å². The number of aryl methyl sites for hydroxylation is 3. The highest BCUT2D eigenvalue weighted by Gasteiger charge is 2.18. The molecular formula is C21H25N7O2. The van der Waals surface area contributed by atoms with Crippen molar-refractivity contribution in [3.05, 3.63) is 40.7 Å². The minimum Gasteiger partial charge on any atom is -0.479 e. The number of hydrogen-bond acceptors (Lipinski definition) is 7. The molecule has 0 radical (unpaired) electrons. The van der Waals surface area contributed by atoms with Gasteiger partial charge in [0.05, 0.1) is 18.1 Å². The highest BCUT2D eigenvalue weighted by atomic mass is 16.5. The van der Waals surface area contributed by atoms with Crippen LogP contribution >= 0.6 is 0 Å². The van der Waals surface area contributed by atoms with Gasteiger partial charge in [0.15, 0.2) is 5.65 Å². The Kier molecular flexibility index (Phi) is 6.47. The standard InChI is InChI=1S/C21H25N7O2/c1-13-16(14(2)26-20-18(13)21(30-4)27-28(20)3)7-8-17(29)23-10-11-25-19-15(12-22)6-5-9-24-19/h5-6,9H,7-8,10-11H2,1-4H3,(H,23,29)(H,24,25). The molecule has 0 aromatic carbocycles. The van der Waals surface area contributed by atoms with Crippen molar-refractivity contribution in [2.75, 3.05) is 25.5 Å². The van der Waals surface area contributed by atoms with Crippen LogP contribution in [0, 0.1) is 25.2 Å². The first-order valence-electron chi connectivity index (χ1n) is 9.68. The Bertz CT molecular complexity index is 1110. The van der Waals surface area contributed by atoms with Gasteiger partial charge in [-0.3, -0.25) is 4.79 Å². The average molecular weight is 407 g/mol. The number of nitrogens with zero attached hydrogens (tertiary/aromatic N) is 5. The molecule has 0 saturated heterocycles. The van der Waals surface area contributed by atoms with Gasteiger partial charge in [0.2, 0.25) is 11.8 Å². The summed E-state index contributed by atoms with van der Waals surface area (Å²) in [7, 11) is 3.43. The summed E-state index contributed by atoms with van der Waals surface area (Å²) in [6.07, 6.45) is 2.55. The first-order chi connectivity index (χ1) is 14.5. The van der Waals surface area contributed by atoms with Crippen LogP contribution in [-0.2, 0) is 18.3 Å². The number of carbonyl (C=O) groups excluding carboxylic acids is 1. The van der Waals surface area contributed by atoms with E-state index in [2.05, 4.69) is 31.8 Å². The monoisotopic (exact) mass is 407 g/mol. The number of nitrogens with one attached hydrogen (secondary N) is 2. The second-order valence-corrected chi connectivity index (χ2v) is 6.92. The summed E-state index contributed by atoms with van der Waals surface area (Å²) in [6, 6.07) is 5.49. The van der Waals surface area contributed by atoms with Crippen LogP contribution in [-0.4, -0.2) is 45.9 Å². The van der Waals surface area contributed by atoms with Crippen molar-refractivity contribution in [1.82, 2.24) is 25.1 Å². The van der Waals surface area contributed by atoms with E-state index in [9.17, 15) is 4.79 Å². The summed E-state index contributed by atoms with van der Waals surface area (Å²) in [5, 5.41) is 20.3. The molecule has 0 aliphatic carbocycles. The maximum Gasteiger partial charge on any atom is 0.242 e. The third kappa shape index (κ3) is 4.33. The predicted molar refractivity (Wildman–Crippen MR) is 113 cm³/mol. The number of rotatable bonds is 8. The number of ether oxygens (including phenoxy) is 1. The smallest absolute Gasteiger partial charge is 0.242 e. The molecule has 30 heavy (non-hydrogen) atoms. The normalized spacial score (nSPS) is 10.6. The van der Waals surface area contributed by atoms with Crippen LogP contribution in [0.1, 0.15) is 28.8 Å². The highest BCUT2D eigenvalue weighted by Crippen LogP contribution is 2.30. The number of methoxy groups -OCH3 is 1. The number of nitriles is 1. The summed E-state index contributed by atoms with van der Waals surface area (Å²) in [5.74, 6) is 1.02. The van der Waals surface area contributed by atoms with E-state index in [1.807, 2.05) is 20.9 Å². The van der Waals surface area contributed by atoms with Crippen LogP contribution < -0.4 is 15.4 Å². The lowest BCUT2D eigenvalue weighted by Gasteiger charge is -2.12. The Labute approximate surface area is 175 Å². The summed E-state index contributed by atoms with van der Waals surface area (Å²) in [6.45, 7) is 4.88. The second-order valence-electron chi connectivity index (χ2n) is 6.92. The van der Waals surface area contributed by atoms with Gasteiger partial charge in [-0.1, -0.05) is 0 Å². The molecular weight excluding hydrogens is 382 g/mol. The zero-order chi connectivity index (χ0) is 21.7. The fraction of sp³-hybridized carbons (Fsp3) is 0.381. The fourth-order valence-electron chi connectivity index (χ4n) is 3.45. The van der Waals surface area contributed by atoms with E-state index in [4.69, 9.17) is 10.00 Å². The van der Waals surface area contributed by atoms with E-state index in [1.54, 1.807) is 30.1 Å². The van der Waals surface area contributed by atoms with E-state index < -0.39 is 0 Å². The summed E-state index contributed by atoms with van der Waals surface area (Å²) < 4.78 is 7.09. The Morgan fingerprint density at radius 2 is 2.13 bits per heavy atom. The van der Waals surface area contributed by atoms with Gasteiger partial charge in [0.25, 0.3) is 0 Å². The summed E-state index contributed by atoms with van der Waals surface area (Å²) in [5.41, 5.74) is 4.21. The van der Waals surface area contributed by atoms with Crippen LogP contribution in [0.15, 0.2) is 18.3 Å². The molecule has 9 nitrogen and oxygen atoms in total. The molecule has 0 aliphatic rings. The number of pyridine rings is 2. The lowest BCUT2D eigenvalue weighted by molar-refractivity contribution is -0.120. The van der Waals surface area contributed by atoms with Crippen molar-refractivity contribution in [2.24, 2.45) is 7.05 Å². The third-order valence-corrected chi connectivity index (χ3v) is 4.99. The van der Waals surface area contributed by atoms with Crippen molar-refractivity contribution >= 4 is 22.8 Å². The molecule has 0 aliphatic heterocycles. The Hall–Kier alpha value is -3.67. The van der Waals surface area contributed by atoms with Gasteiger partial charge in [0, 0.05) is 38.4 Å². The maximum atomic E-state index is 12.3. The predicted octanol–water partition coefficient (Wildman–Crippen LogP) is 2.02. The van der Waals surface area contributed by atoms with Gasteiger partial charge >= 0.3 is 0 Å². The van der Waals surface area contributed by atoms with E-state index in [1.165, 1.54) is 0 Å². The van der Waals surface area contributed by atoms with E-state index >= 15 is 0 Å². The molecule has 1 amide bonds. The molecule has 3 aromatic rings. The van der Waals surface area contributed by atoms with Crippen molar-refractivity contribution in [1.29, 1.82) is 5.26 Å². The number of carbonyl (C=O) groups is 1. The van der Waals surface area contributed by atoms with E-state index in [-0.39, 0.29) is 5.91 Å². The molecule has 0 bridgehead atoms. The first kappa shape index (κ1) is 21.0. The van der Waals surface area contributed by atoms with Crippen molar-refractivity contribution in [3.8, 4) is 11.9 Å².